The van der Waals surface area contributed by atoms with Crippen molar-refractivity contribution >= 4 is 11.8 Å². The minimum absolute atomic E-state index is 0.238. The van der Waals surface area contributed by atoms with Crippen LogP contribution in [0.5, 0.6) is 0 Å². The number of rotatable bonds is 4. The highest BCUT2D eigenvalue weighted by molar-refractivity contribution is 8.02. The summed E-state index contributed by atoms with van der Waals surface area (Å²) in [7, 11) is 0. The van der Waals surface area contributed by atoms with Crippen LogP contribution in [0.1, 0.15) is 61.3 Å². The molecule has 0 unspecified atom stereocenters. The molecule has 0 fully saturated rings. The first kappa shape index (κ1) is 16.8. The van der Waals surface area contributed by atoms with Gasteiger partial charge in [0.05, 0.1) is 0 Å². The highest BCUT2D eigenvalue weighted by atomic mass is 32.2. The smallest absolute Gasteiger partial charge is 0.00720 e. The van der Waals surface area contributed by atoms with Crippen molar-refractivity contribution in [2.24, 2.45) is 10.8 Å². The number of hydrogen-bond donors (Lipinski definition) is 0. The summed E-state index contributed by atoms with van der Waals surface area (Å²) < 4.78 is 0. The highest BCUT2D eigenvalue weighted by Crippen LogP contribution is 2.37. The summed E-state index contributed by atoms with van der Waals surface area (Å²) in [5.74, 6) is 0. The Morgan fingerprint density at radius 2 is 1.53 bits per heavy atom. The Morgan fingerprint density at radius 3 is 1.82 bits per heavy atom. The van der Waals surface area contributed by atoms with Gasteiger partial charge in [0.15, 0.2) is 0 Å². The third-order valence-electron chi connectivity index (χ3n) is 2.76. The van der Waals surface area contributed by atoms with E-state index in [9.17, 15) is 0 Å². The van der Waals surface area contributed by atoms with Gasteiger partial charge in [0.1, 0.15) is 0 Å². The van der Waals surface area contributed by atoms with Gasteiger partial charge in [-0.1, -0.05) is 61.0 Å². The van der Waals surface area contributed by atoms with Gasteiger partial charge in [-0.05, 0) is 40.1 Å². The average molecular weight is 254 g/mol. The maximum Gasteiger partial charge on any atom is -0.00720 e. The molecule has 0 heterocycles. The quantitative estimate of drug-likeness (QED) is 0.550. The number of unbranched alkanes of at least 4 members (excludes halogenated alkanes) is 1. The number of thioether (sulfide) groups is 1. The van der Waals surface area contributed by atoms with Crippen molar-refractivity contribution in [2.45, 2.75) is 61.3 Å². The van der Waals surface area contributed by atoms with Crippen molar-refractivity contribution < 1.29 is 0 Å². The zero-order valence-electron chi connectivity index (χ0n) is 13.0. The topological polar surface area (TPSA) is 0 Å². The van der Waals surface area contributed by atoms with E-state index in [1.54, 1.807) is 0 Å². The Morgan fingerprint density at radius 1 is 1.00 bits per heavy atom. The van der Waals surface area contributed by atoms with E-state index in [0.29, 0.717) is 0 Å². The normalized spacial score (nSPS) is 15.3. The molecule has 0 amide bonds. The Balaban J connectivity index is 5.28. The summed E-state index contributed by atoms with van der Waals surface area (Å²) in [6.45, 7) is 16.0. The van der Waals surface area contributed by atoms with Crippen LogP contribution < -0.4 is 0 Å². The maximum absolute atomic E-state index is 2.40. The number of hydrogen-bond acceptors (Lipinski definition) is 1. The van der Waals surface area contributed by atoms with Crippen LogP contribution in [-0.2, 0) is 0 Å². The minimum atomic E-state index is 0.238. The molecule has 0 N–H and O–H groups in total. The fraction of sp³-hybridized carbons (Fsp3) is 0.750. The molecule has 0 bridgehead atoms. The molecule has 0 aromatic heterocycles. The second-order valence-corrected chi connectivity index (χ2v) is 7.51. The largest absolute Gasteiger partial charge is 0.133 e. The third-order valence-corrected chi connectivity index (χ3v) is 3.93. The van der Waals surface area contributed by atoms with Gasteiger partial charge < -0.3 is 0 Å². The van der Waals surface area contributed by atoms with Crippen LogP contribution in [0.25, 0.3) is 0 Å². The van der Waals surface area contributed by atoms with Gasteiger partial charge in [-0.3, -0.25) is 0 Å². The van der Waals surface area contributed by atoms with Gasteiger partial charge in [-0.2, -0.15) is 0 Å². The van der Waals surface area contributed by atoms with Crippen molar-refractivity contribution in [3.63, 3.8) is 0 Å². The zero-order valence-corrected chi connectivity index (χ0v) is 13.8. The first-order chi connectivity index (χ1) is 7.62. The molecule has 0 aliphatic heterocycles. The van der Waals surface area contributed by atoms with E-state index in [1.807, 2.05) is 11.8 Å². The second-order valence-electron chi connectivity index (χ2n) is 6.66. The van der Waals surface area contributed by atoms with E-state index in [4.69, 9.17) is 0 Å². The Kier molecular flexibility index (Phi) is 6.61. The fourth-order valence-corrected chi connectivity index (χ4v) is 2.46. The van der Waals surface area contributed by atoms with Crippen molar-refractivity contribution in [3.05, 3.63) is 22.6 Å². The monoisotopic (exact) mass is 254 g/mol. The lowest BCUT2D eigenvalue weighted by atomic mass is 9.83. The molecular formula is C16H30S. The number of allylic oxidation sites excluding steroid dienone is 4. The summed E-state index contributed by atoms with van der Waals surface area (Å²) >= 11 is 1.88. The second kappa shape index (κ2) is 6.68. The van der Waals surface area contributed by atoms with E-state index in [-0.39, 0.29) is 10.8 Å². The van der Waals surface area contributed by atoms with Gasteiger partial charge in [0, 0.05) is 0 Å². The van der Waals surface area contributed by atoms with Gasteiger partial charge in [0.2, 0.25) is 0 Å². The summed E-state index contributed by atoms with van der Waals surface area (Å²) in [5.41, 5.74) is 1.95. The van der Waals surface area contributed by atoms with Crippen LogP contribution in [0.3, 0.4) is 0 Å². The van der Waals surface area contributed by atoms with Crippen molar-refractivity contribution in [2.75, 3.05) is 6.26 Å². The van der Waals surface area contributed by atoms with Gasteiger partial charge in [-0.25, -0.2) is 0 Å². The predicted octanol–water partition coefficient (Wildman–Crippen LogP) is 6.05. The predicted molar refractivity (Wildman–Crippen MR) is 83.5 cm³/mol. The van der Waals surface area contributed by atoms with Crippen molar-refractivity contribution in [3.8, 4) is 0 Å². The molecule has 0 rings (SSSR count). The fourth-order valence-electron chi connectivity index (χ4n) is 1.60. The molecule has 1 heteroatoms. The molecule has 0 aliphatic rings. The van der Waals surface area contributed by atoms with Crippen LogP contribution in [0.4, 0.5) is 0 Å². The molecule has 0 nitrogen and oxygen atoms in total. The lowest BCUT2D eigenvalue weighted by Gasteiger charge is -2.26. The molecule has 0 atom stereocenters. The molecule has 0 radical (unpaired) electrons. The van der Waals surface area contributed by atoms with Crippen LogP contribution in [-0.4, -0.2) is 6.26 Å². The molecule has 17 heavy (non-hydrogen) atoms. The van der Waals surface area contributed by atoms with Crippen LogP contribution in [0.2, 0.25) is 0 Å². The van der Waals surface area contributed by atoms with E-state index < -0.39 is 0 Å². The SMILES string of the molecule is CCC/C=C(/C=C(\SC)C(C)(C)C)C(C)(C)C. The molecule has 0 spiro atoms. The summed E-state index contributed by atoms with van der Waals surface area (Å²) in [5, 5.41) is 0. The first-order valence-corrected chi connectivity index (χ1v) is 7.82. The summed E-state index contributed by atoms with van der Waals surface area (Å²) in [6.07, 6.45) is 9.38. The molecule has 0 saturated heterocycles. The van der Waals surface area contributed by atoms with E-state index >= 15 is 0 Å². The van der Waals surface area contributed by atoms with Crippen molar-refractivity contribution in [1.82, 2.24) is 0 Å². The Labute approximate surface area is 113 Å². The van der Waals surface area contributed by atoms with Crippen LogP contribution in [0, 0.1) is 10.8 Å². The third kappa shape index (κ3) is 6.35. The first-order valence-electron chi connectivity index (χ1n) is 6.59. The Hall–Kier alpha value is -0.170. The molecule has 0 aliphatic carbocycles. The molecule has 0 saturated carbocycles. The average Bonchev–Trinajstić information content (AvgIpc) is 2.14. The summed E-state index contributed by atoms with van der Waals surface area (Å²) in [6, 6.07) is 0. The van der Waals surface area contributed by atoms with Gasteiger partial charge in [-0.15, -0.1) is 11.8 Å². The van der Waals surface area contributed by atoms with E-state index in [0.717, 1.165) is 0 Å². The van der Waals surface area contributed by atoms with Crippen LogP contribution >= 0.6 is 11.8 Å². The standard InChI is InChI=1S/C16H30S/c1-9-10-11-13(15(2,3)4)12-14(17-8)16(5,6)7/h11-12H,9-10H2,1-8H3/b13-11-,14-12-. The molecule has 0 aromatic carbocycles. The Bertz CT molecular complexity index is 282. The van der Waals surface area contributed by atoms with Gasteiger partial charge >= 0.3 is 0 Å². The highest BCUT2D eigenvalue weighted by Gasteiger charge is 2.20. The lowest BCUT2D eigenvalue weighted by Crippen LogP contribution is -2.12. The van der Waals surface area contributed by atoms with Crippen LogP contribution in [0.15, 0.2) is 22.6 Å². The van der Waals surface area contributed by atoms with E-state index in [1.165, 1.54) is 23.3 Å². The molecule has 0 aromatic rings. The molecular weight excluding hydrogens is 224 g/mol. The minimum Gasteiger partial charge on any atom is -0.133 e. The van der Waals surface area contributed by atoms with E-state index in [2.05, 4.69) is 66.9 Å². The van der Waals surface area contributed by atoms with Crippen molar-refractivity contribution in [1.29, 1.82) is 0 Å². The molecule has 100 valence electrons. The van der Waals surface area contributed by atoms with Gasteiger partial charge in [0.25, 0.3) is 0 Å². The summed E-state index contributed by atoms with van der Waals surface area (Å²) in [4.78, 5) is 1.47. The maximum atomic E-state index is 2.40. The zero-order chi connectivity index (χ0) is 13.7. The lowest BCUT2D eigenvalue weighted by molar-refractivity contribution is 0.503.